The van der Waals surface area contributed by atoms with Gasteiger partial charge in [0.1, 0.15) is 17.3 Å². The molecule has 1 saturated heterocycles. The van der Waals surface area contributed by atoms with Gasteiger partial charge < -0.3 is 9.80 Å². The lowest BCUT2D eigenvalue weighted by atomic mass is 9.89. The number of carbonyl (C=O) groups is 1. The fraction of sp³-hybridized carbons (Fsp3) is 0.200. The third-order valence-corrected chi connectivity index (χ3v) is 9.94. The van der Waals surface area contributed by atoms with Crippen molar-refractivity contribution in [3.8, 4) is 6.07 Å². The summed E-state index contributed by atoms with van der Waals surface area (Å²) in [7, 11) is 0. The molecule has 8 heteroatoms. The van der Waals surface area contributed by atoms with Gasteiger partial charge in [-0.1, -0.05) is 97.1 Å². The molecule has 7 rings (SSSR count). The second-order valence-corrected chi connectivity index (χ2v) is 13.1. The fourth-order valence-corrected chi connectivity index (χ4v) is 7.35. The number of anilines is 1. The molecule has 0 radical (unpaired) electrons. The topological polar surface area (TPSA) is 82.2 Å². The van der Waals surface area contributed by atoms with E-state index in [9.17, 15) is 14.9 Å². The Morgan fingerprint density at radius 3 is 1.94 bits per heavy atom. The van der Waals surface area contributed by atoms with Gasteiger partial charge in [0.05, 0.1) is 17.1 Å². The zero-order valence-corrected chi connectivity index (χ0v) is 27.4. The van der Waals surface area contributed by atoms with Crippen molar-refractivity contribution in [1.29, 1.82) is 5.26 Å². The third kappa shape index (κ3) is 6.51. The lowest BCUT2D eigenvalue weighted by molar-refractivity contribution is 0.0751. The number of benzene rings is 3. The van der Waals surface area contributed by atoms with Gasteiger partial charge in [0.15, 0.2) is 0 Å². The molecular formula is C40H35N5O2S. The van der Waals surface area contributed by atoms with Crippen LogP contribution in [0.25, 0.3) is 11.0 Å². The molecule has 1 amide bonds. The highest BCUT2D eigenvalue weighted by Gasteiger charge is 2.28. The van der Waals surface area contributed by atoms with Crippen LogP contribution in [0.4, 0.5) is 5.69 Å². The van der Waals surface area contributed by atoms with Crippen molar-refractivity contribution in [2.75, 3.05) is 31.1 Å². The maximum atomic E-state index is 14.3. The quantitative estimate of drug-likeness (QED) is 0.170. The first kappa shape index (κ1) is 31.1. The minimum Gasteiger partial charge on any atom is -0.366 e. The van der Waals surface area contributed by atoms with E-state index in [0.717, 1.165) is 29.5 Å². The number of nitriles is 1. The van der Waals surface area contributed by atoms with Crippen LogP contribution in [0.2, 0.25) is 0 Å². The first-order valence-electron chi connectivity index (χ1n) is 16.3. The minimum absolute atomic E-state index is 0.0162. The number of piperazine rings is 1. The Morgan fingerprint density at radius 2 is 1.38 bits per heavy atom. The summed E-state index contributed by atoms with van der Waals surface area (Å²) in [6.45, 7) is 2.31. The van der Waals surface area contributed by atoms with E-state index < -0.39 is 0 Å². The van der Waals surface area contributed by atoms with Crippen molar-refractivity contribution >= 4 is 34.0 Å². The van der Waals surface area contributed by atoms with Crippen LogP contribution >= 0.6 is 11.3 Å². The summed E-state index contributed by atoms with van der Waals surface area (Å²) in [5.41, 5.74) is 5.22. The van der Waals surface area contributed by atoms with Crippen LogP contribution in [0.5, 0.6) is 0 Å². The summed E-state index contributed by atoms with van der Waals surface area (Å²) in [5, 5.41) is 13.1. The molecule has 0 unspecified atom stereocenters. The summed E-state index contributed by atoms with van der Waals surface area (Å²) >= 11 is 1.44. The molecule has 0 bridgehead atoms. The van der Waals surface area contributed by atoms with Gasteiger partial charge >= 0.3 is 0 Å². The Labute approximate surface area is 284 Å². The van der Waals surface area contributed by atoms with E-state index in [1.54, 1.807) is 4.57 Å². The van der Waals surface area contributed by atoms with Crippen LogP contribution in [0.3, 0.4) is 0 Å². The van der Waals surface area contributed by atoms with Crippen molar-refractivity contribution in [2.24, 2.45) is 0 Å². The number of aromatic nitrogens is 2. The molecule has 238 valence electrons. The first-order valence-corrected chi connectivity index (χ1v) is 17.1. The Balaban J connectivity index is 1.33. The summed E-state index contributed by atoms with van der Waals surface area (Å²) in [6.07, 6.45) is 1.58. The SMILES string of the molecule is N#Cc1c(N2CCN(C(=O)c3cccs3)CC2)c2ccc(C(Cc3ccccc3)Cc3ccccc3)nc2n(Cc2ccccc2)c1=O. The van der Waals surface area contributed by atoms with E-state index in [2.05, 4.69) is 65.6 Å². The number of fused-ring (bicyclic) bond motifs is 1. The lowest BCUT2D eigenvalue weighted by Crippen LogP contribution is -2.49. The number of pyridine rings is 2. The van der Waals surface area contributed by atoms with Crippen molar-refractivity contribution in [2.45, 2.75) is 25.3 Å². The van der Waals surface area contributed by atoms with Crippen molar-refractivity contribution in [3.05, 3.63) is 164 Å². The molecule has 1 aliphatic heterocycles. The zero-order valence-electron chi connectivity index (χ0n) is 26.5. The highest BCUT2D eigenvalue weighted by molar-refractivity contribution is 7.12. The van der Waals surface area contributed by atoms with Gasteiger partial charge in [0.2, 0.25) is 0 Å². The van der Waals surface area contributed by atoms with Crippen LogP contribution in [0, 0.1) is 11.3 Å². The predicted molar refractivity (Wildman–Crippen MR) is 192 cm³/mol. The Hall–Kier alpha value is -5.52. The molecule has 48 heavy (non-hydrogen) atoms. The number of hydrogen-bond acceptors (Lipinski definition) is 6. The summed E-state index contributed by atoms with van der Waals surface area (Å²) in [5.74, 6) is 0.0767. The number of hydrogen-bond donors (Lipinski definition) is 0. The highest BCUT2D eigenvalue weighted by atomic mass is 32.1. The molecule has 7 nitrogen and oxygen atoms in total. The normalized spacial score (nSPS) is 13.2. The third-order valence-electron chi connectivity index (χ3n) is 9.08. The monoisotopic (exact) mass is 649 g/mol. The van der Waals surface area contributed by atoms with Gasteiger partial charge in [-0.3, -0.25) is 14.2 Å². The Bertz CT molecular complexity index is 2080. The van der Waals surface area contributed by atoms with Gasteiger partial charge in [-0.15, -0.1) is 11.3 Å². The number of nitrogens with zero attached hydrogens (tertiary/aromatic N) is 5. The van der Waals surface area contributed by atoms with Crippen LogP contribution in [0.1, 0.15) is 43.5 Å². The number of amides is 1. The van der Waals surface area contributed by atoms with Crippen molar-refractivity contribution < 1.29 is 4.79 Å². The molecule has 1 fully saturated rings. The second-order valence-electron chi connectivity index (χ2n) is 12.2. The molecule has 6 aromatic rings. The Kier molecular flexibility index (Phi) is 9.12. The van der Waals surface area contributed by atoms with E-state index in [0.29, 0.717) is 48.9 Å². The van der Waals surface area contributed by atoms with Crippen LogP contribution < -0.4 is 10.5 Å². The number of rotatable bonds is 9. The summed E-state index contributed by atoms with van der Waals surface area (Å²) in [4.78, 5) is 37.3. The van der Waals surface area contributed by atoms with Gasteiger partial charge in [0.25, 0.3) is 11.5 Å². The van der Waals surface area contributed by atoms with Crippen LogP contribution in [0.15, 0.2) is 125 Å². The number of thiophene rings is 1. The Morgan fingerprint density at radius 1 is 0.771 bits per heavy atom. The fourth-order valence-electron chi connectivity index (χ4n) is 6.66. The summed E-state index contributed by atoms with van der Waals surface area (Å²) < 4.78 is 1.66. The number of carbonyl (C=O) groups excluding carboxylic acids is 1. The molecule has 0 aliphatic carbocycles. The first-order chi connectivity index (χ1) is 23.6. The van der Waals surface area contributed by atoms with Gasteiger partial charge in [-0.05, 0) is 53.1 Å². The minimum atomic E-state index is -0.353. The maximum Gasteiger partial charge on any atom is 0.272 e. The maximum absolute atomic E-state index is 14.3. The van der Waals surface area contributed by atoms with E-state index >= 15 is 0 Å². The molecule has 3 aromatic carbocycles. The molecule has 0 atom stereocenters. The predicted octanol–water partition coefficient (Wildman–Crippen LogP) is 6.91. The van der Waals surface area contributed by atoms with Crippen molar-refractivity contribution in [1.82, 2.24) is 14.5 Å². The highest BCUT2D eigenvalue weighted by Crippen LogP contribution is 2.32. The summed E-state index contributed by atoms with van der Waals surface area (Å²) in [6, 6.07) is 40.8. The second kappa shape index (κ2) is 14.1. The molecular weight excluding hydrogens is 615 g/mol. The largest absolute Gasteiger partial charge is 0.366 e. The molecule has 4 heterocycles. The van der Waals surface area contributed by atoms with Crippen LogP contribution in [-0.4, -0.2) is 46.5 Å². The average molecular weight is 650 g/mol. The van der Waals surface area contributed by atoms with E-state index in [4.69, 9.17) is 4.98 Å². The van der Waals surface area contributed by atoms with E-state index in [1.165, 1.54) is 22.5 Å². The van der Waals surface area contributed by atoms with E-state index in [-0.39, 0.29) is 22.9 Å². The smallest absolute Gasteiger partial charge is 0.272 e. The van der Waals surface area contributed by atoms with Crippen molar-refractivity contribution in [3.63, 3.8) is 0 Å². The van der Waals surface area contributed by atoms with Crippen LogP contribution in [-0.2, 0) is 19.4 Å². The zero-order chi connectivity index (χ0) is 32.9. The standard InChI is InChI=1S/C40H35N5O2S/c41-27-34-37(43-20-22-44(23-21-43)40(47)36-17-10-24-48-36)33-18-19-35(42-38(33)45(39(34)46)28-31-15-8-3-9-16-31)32(25-29-11-4-1-5-12-29)26-30-13-6-2-7-14-30/h1-19,24,32H,20-23,25-26,28H2. The molecule has 0 N–H and O–H groups in total. The van der Waals surface area contributed by atoms with Gasteiger partial charge in [-0.25, -0.2) is 4.98 Å². The molecule has 0 spiro atoms. The molecule has 3 aromatic heterocycles. The molecule has 1 aliphatic rings. The lowest BCUT2D eigenvalue weighted by Gasteiger charge is -2.37. The molecule has 0 saturated carbocycles. The van der Waals surface area contributed by atoms with E-state index in [1.807, 2.05) is 70.9 Å². The average Bonchev–Trinajstić information content (AvgIpc) is 3.69. The van der Waals surface area contributed by atoms with Gasteiger partial charge in [-0.2, -0.15) is 5.26 Å². The van der Waals surface area contributed by atoms with Gasteiger partial charge in [0, 0.05) is 43.2 Å².